The van der Waals surface area contributed by atoms with Crippen molar-refractivity contribution in [1.29, 1.82) is 0 Å². The Bertz CT molecular complexity index is 1900. The van der Waals surface area contributed by atoms with Gasteiger partial charge in [-0.15, -0.1) is 11.3 Å². The summed E-state index contributed by atoms with van der Waals surface area (Å²) in [5.74, 6) is 0. The summed E-state index contributed by atoms with van der Waals surface area (Å²) in [5, 5.41) is 5.11. The van der Waals surface area contributed by atoms with E-state index in [2.05, 4.69) is 138 Å². The molecular weight excluding hydrogens is 581 g/mol. The van der Waals surface area contributed by atoms with Crippen molar-refractivity contribution in [1.82, 2.24) is 4.98 Å². The molecule has 7 rings (SSSR count). The van der Waals surface area contributed by atoms with Crippen LogP contribution in [-0.2, 0) is 4.43 Å². The second-order valence-corrected chi connectivity index (χ2v) is 11.1. The lowest BCUT2D eigenvalue weighted by molar-refractivity contribution is 1.33. The van der Waals surface area contributed by atoms with Crippen LogP contribution in [0.5, 0.6) is 0 Å². The van der Waals surface area contributed by atoms with Crippen LogP contribution in [0.1, 0.15) is 5.56 Å². The summed E-state index contributed by atoms with van der Waals surface area (Å²) >= 11 is 4.25. The third-order valence-electron chi connectivity index (χ3n) is 7.06. The molecule has 7 aromatic rings. The summed E-state index contributed by atoms with van der Waals surface area (Å²) in [6.07, 6.45) is 2.01. The van der Waals surface area contributed by atoms with Gasteiger partial charge in [0.2, 0.25) is 0 Å². The SMILES string of the molecule is ICc1ccc(-c2ccc3cc(-c4ccc(-c5cccc6c5sc5ccccc56)nc4)ccc3c2)cc1. The second kappa shape index (κ2) is 9.40. The van der Waals surface area contributed by atoms with Crippen LogP contribution in [0.15, 0.2) is 121 Å². The molecule has 0 N–H and O–H groups in total. The number of fused-ring (bicyclic) bond motifs is 4. The van der Waals surface area contributed by atoms with Gasteiger partial charge in [0.1, 0.15) is 0 Å². The maximum Gasteiger partial charge on any atom is 0.0716 e. The van der Waals surface area contributed by atoms with E-state index in [4.69, 9.17) is 4.98 Å². The van der Waals surface area contributed by atoms with Crippen LogP contribution in [0.2, 0.25) is 0 Å². The lowest BCUT2D eigenvalue weighted by Crippen LogP contribution is -1.86. The van der Waals surface area contributed by atoms with Gasteiger partial charge in [-0.3, -0.25) is 4.98 Å². The van der Waals surface area contributed by atoms with Crippen molar-refractivity contribution in [3.63, 3.8) is 0 Å². The van der Waals surface area contributed by atoms with Crippen molar-refractivity contribution in [2.75, 3.05) is 0 Å². The average molecular weight is 604 g/mol. The van der Waals surface area contributed by atoms with Gasteiger partial charge in [0.25, 0.3) is 0 Å². The summed E-state index contributed by atoms with van der Waals surface area (Å²) in [7, 11) is 0. The molecule has 0 saturated carbocycles. The van der Waals surface area contributed by atoms with Crippen LogP contribution < -0.4 is 0 Å². The first-order valence-electron chi connectivity index (χ1n) is 12.3. The van der Waals surface area contributed by atoms with E-state index in [-0.39, 0.29) is 0 Å². The molecular formula is C34H22INS. The molecule has 0 atom stereocenters. The molecule has 1 nitrogen and oxygen atoms in total. The normalized spacial score (nSPS) is 11.5. The van der Waals surface area contributed by atoms with E-state index in [1.54, 1.807) is 0 Å². The molecule has 0 aliphatic carbocycles. The van der Waals surface area contributed by atoms with Crippen LogP contribution in [-0.4, -0.2) is 4.98 Å². The highest BCUT2D eigenvalue weighted by Crippen LogP contribution is 2.39. The predicted molar refractivity (Wildman–Crippen MR) is 169 cm³/mol. The van der Waals surface area contributed by atoms with Crippen molar-refractivity contribution in [2.24, 2.45) is 0 Å². The average Bonchev–Trinajstić information content (AvgIpc) is 3.36. The Balaban J connectivity index is 1.21. The number of aromatic nitrogens is 1. The third-order valence-corrected chi connectivity index (χ3v) is 9.16. The van der Waals surface area contributed by atoms with Crippen molar-refractivity contribution < 1.29 is 0 Å². The highest BCUT2D eigenvalue weighted by Gasteiger charge is 2.11. The molecule has 37 heavy (non-hydrogen) atoms. The number of halogens is 1. The number of thiophene rings is 1. The molecule has 2 aromatic heterocycles. The summed E-state index contributed by atoms with van der Waals surface area (Å²) < 4.78 is 3.66. The molecule has 3 heteroatoms. The molecule has 0 aliphatic heterocycles. The first kappa shape index (κ1) is 22.6. The fraction of sp³-hybridized carbons (Fsp3) is 0.0294. The molecule has 0 fully saturated rings. The molecule has 5 aromatic carbocycles. The summed E-state index contributed by atoms with van der Waals surface area (Å²) in [6.45, 7) is 0. The van der Waals surface area contributed by atoms with Gasteiger partial charge in [-0.2, -0.15) is 0 Å². The summed E-state index contributed by atoms with van der Waals surface area (Å²) in [4.78, 5) is 4.90. The van der Waals surface area contributed by atoms with Gasteiger partial charge < -0.3 is 0 Å². The number of rotatable bonds is 4. The van der Waals surface area contributed by atoms with Crippen molar-refractivity contribution in [3.05, 3.63) is 127 Å². The van der Waals surface area contributed by atoms with E-state index >= 15 is 0 Å². The van der Waals surface area contributed by atoms with Crippen LogP contribution in [0.3, 0.4) is 0 Å². The minimum atomic E-state index is 1.01. The molecule has 2 heterocycles. The number of pyridine rings is 1. The first-order valence-corrected chi connectivity index (χ1v) is 14.7. The molecule has 0 bridgehead atoms. The fourth-order valence-corrected chi connectivity index (χ4v) is 6.80. The fourth-order valence-electron chi connectivity index (χ4n) is 5.06. The summed E-state index contributed by atoms with van der Waals surface area (Å²) in [5.41, 5.74) is 8.39. The van der Waals surface area contributed by atoms with E-state index < -0.39 is 0 Å². The highest BCUT2D eigenvalue weighted by molar-refractivity contribution is 14.1. The monoisotopic (exact) mass is 603 g/mol. The topological polar surface area (TPSA) is 12.9 Å². The number of hydrogen-bond acceptors (Lipinski definition) is 2. The van der Waals surface area contributed by atoms with Gasteiger partial charge >= 0.3 is 0 Å². The summed E-state index contributed by atoms with van der Waals surface area (Å²) in [6, 6.07) is 41.8. The maximum atomic E-state index is 4.90. The number of nitrogens with zero attached hydrogens (tertiary/aromatic N) is 1. The number of hydrogen-bond donors (Lipinski definition) is 0. The number of benzene rings is 5. The van der Waals surface area contributed by atoms with Crippen LogP contribution in [0.25, 0.3) is 64.5 Å². The van der Waals surface area contributed by atoms with Gasteiger partial charge in [-0.05, 0) is 57.3 Å². The molecule has 0 unspecified atom stereocenters. The Morgan fingerprint density at radius 3 is 2.00 bits per heavy atom. The van der Waals surface area contributed by atoms with Crippen molar-refractivity contribution in [3.8, 4) is 33.5 Å². The molecule has 0 radical (unpaired) electrons. The molecule has 0 amide bonds. The lowest BCUT2D eigenvalue weighted by atomic mass is 9.97. The van der Waals surface area contributed by atoms with Gasteiger partial charge in [-0.1, -0.05) is 114 Å². The van der Waals surface area contributed by atoms with Gasteiger partial charge in [-0.25, -0.2) is 0 Å². The minimum Gasteiger partial charge on any atom is -0.256 e. The van der Waals surface area contributed by atoms with Crippen LogP contribution in [0.4, 0.5) is 0 Å². The molecule has 176 valence electrons. The zero-order valence-electron chi connectivity index (χ0n) is 20.0. The maximum absolute atomic E-state index is 4.90. The van der Waals surface area contributed by atoms with E-state index in [1.807, 2.05) is 17.5 Å². The lowest BCUT2D eigenvalue weighted by Gasteiger charge is -2.08. The Morgan fingerprint density at radius 2 is 1.27 bits per heavy atom. The Hall–Kier alpha value is -3.54. The van der Waals surface area contributed by atoms with Crippen molar-refractivity contribution >= 4 is 64.9 Å². The van der Waals surface area contributed by atoms with E-state index in [9.17, 15) is 0 Å². The zero-order chi connectivity index (χ0) is 24.8. The molecule has 0 aliphatic rings. The Labute approximate surface area is 233 Å². The van der Waals surface area contributed by atoms with Crippen LogP contribution >= 0.6 is 33.9 Å². The largest absolute Gasteiger partial charge is 0.256 e. The van der Waals surface area contributed by atoms with E-state index in [1.165, 1.54) is 58.8 Å². The number of alkyl halides is 1. The second-order valence-electron chi connectivity index (χ2n) is 9.32. The quantitative estimate of drug-likeness (QED) is 0.144. The zero-order valence-corrected chi connectivity index (χ0v) is 23.0. The van der Waals surface area contributed by atoms with E-state index in [0.717, 1.165) is 15.7 Å². The first-order chi connectivity index (χ1) is 18.3. The van der Waals surface area contributed by atoms with Gasteiger partial charge in [0, 0.05) is 41.9 Å². The van der Waals surface area contributed by atoms with Crippen molar-refractivity contribution in [2.45, 2.75) is 4.43 Å². The molecule has 0 saturated heterocycles. The minimum absolute atomic E-state index is 1.01. The highest BCUT2D eigenvalue weighted by atomic mass is 127. The third kappa shape index (κ3) is 4.12. The van der Waals surface area contributed by atoms with Crippen LogP contribution in [0, 0.1) is 0 Å². The van der Waals surface area contributed by atoms with Gasteiger partial charge in [0.15, 0.2) is 0 Å². The standard InChI is InChI=1S/C34H22INS/c35-20-22-8-10-23(11-9-22)24-12-13-26-19-27(15-14-25(26)18-24)28-16-17-32(36-21-28)31-6-3-5-30-29-4-1-2-7-33(29)37-34(30)31/h1-19,21H,20H2. The predicted octanol–water partition coefficient (Wildman–Crippen LogP) is 10.5. The van der Waals surface area contributed by atoms with Gasteiger partial charge in [0.05, 0.1) is 5.69 Å². The Morgan fingerprint density at radius 1 is 0.595 bits per heavy atom. The molecule has 0 spiro atoms. The smallest absolute Gasteiger partial charge is 0.0716 e. The van der Waals surface area contributed by atoms with E-state index in [0.29, 0.717) is 0 Å². The Kier molecular flexibility index (Phi) is 5.75.